The molecule has 0 amide bonds. The Morgan fingerprint density at radius 2 is 2.10 bits per heavy atom. The number of hydrogen-bond acceptors (Lipinski definition) is 5. The number of ether oxygens (including phenoxy) is 2. The van der Waals surface area contributed by atoms with Gasteiger partial charge in [-0.1, -0.05) is 0 Å². The summed E-state index contributed by atoms with van der Waals surface area (Å²) in [5.74, 6) is -1.98. The lowest BCUT2D eigenvalue weighted by atomic mass is 9.72. The van der Waals surface area contributed by atoms with Crippen molar-refractivity contribution in [3.8, 4) is 0 Å². The maximum absolute atomic E-state index is 12.5. The van der Waals surface area contributed by atoms with E-state index in [1.165, 1.54) is 0 Å². The van der Waals surface area contributed by atoms with Gasteiger partial charge in [-0.05, 0) is 47.7 Å². The van der Waals surface area contributed by atoms with Gasteiger partial charge in [-0.3, -0.25) is 9.59 Å². The molecule has 0 bridgehead atoms. The van der Waals surface area contributed by atoms with E-state index in [0.717, 1.165) is 5.76 Å². The summed E-state index contributed by atoms with van der Waals surface area (Å²) in [6, 6.07) is 0. The normalized spacial score (nSPS) is 25.1. The quantitative estimate of drug-likeness (QED) is 0.439. The summed E-state index contributed by atoms with van der Waals surface area (Å²) in [7, 11) is 1.59. The van der Waals surface area contributed by atoms with E-state index in [4.69, 9.17) is 9.47 Å². The standard InChI is InChI=1S/C15H17BrO5/c1-3-21-15(19)14(18)9-5-4-8-6-12(20-2)11(16)7-10(8)13(9)17/h7-9H,3-6H2,1-2H3. The average Bonchev–Trinajstić information content (AvgIpc) is 2.47. The Balaban J connectivity index is 2.22. The van der Waals surface area contributed by atoms with E-state index < -0.39 is 17.7 Å². The van der Waals surface area contributed by atoms with E-state index in [1.54, 1.807) is 20.1 Å². The molecule has 5 nitrogen and oxygen atoms in total. The van der Waals surface area contributed by atoms with Crippen LogP contribution in [0.3, 0.4) is 0 Å². The maximum Gasteiger partial charge on any atom is 0.375 e. The molecule has 2 unspecified atom stereocenters. The molecular weight excluding hydrogens is 340 g/mol. The smallest absolute Gasteiger partial charge is 0.375 e. The number of ketones is 2. The maximum atomic E-state index is 12.5. The molecule has 6 heteroatoms. The van der Waals surface area contributed by atoms with Gasteiger partial charge in [0.1, 0.15) is 5.76 Å². The van der Waals surface area contributed by atoms with Crippen LogP contribution in [0.25, 0.3) is 0 Å². The summed E-state index contributed by atoms with van der Waals surface area (Å²) in [5.41, 5.74) is 0.594. The van der Waals surface area contributed by atoms with Crippen molar-refractivity contribution in [3.05, 3.63) is 21.9 Å². The number of carbonyl (C=O) groups excluding carboxylic acids is 3. The lowest BCUT2D eigenvalue weighted by molar-refractivity contribution is -0.157. The minimum absolute atomic E-state index is 0.0556. The zero-order chi connectivity index (χ0) is 15.6. The Morgan fingerprint density at radius 1 is 1.38 bits per heavy atom. The second-order valence-electron chi connectivity index (χ2n) is 5.05. The zero-order valence-corrected chi connectivity index (χ0v) is 13.6. The molecule has 114 valence electrons. The number of fused-ring (bicyclic) bond motifs is 1. The van der Waals surface area contributed by atoms with E-state index in [9.17, 15) is 14.4 Å². The summed E-state index contributed by atoms with van der Waals surface area (Å²) in [6.45, 7) is 1.75. The predicted octanol–water partition coefficient (Wildman–Crippen LogP) is 2.30. The molecule has 0 N–H and O–H groups in total. The minimum atomic E-state index is -0.919. The third-order valence-electron chi connectivity index (χ3n) is 3.86. The van der Waals surface area contributed by atoms with Crippen LogP contribution >= 0.6 is 15.9 Å². The lowest BCUT2D eigenvalue weighted by Gasteiger charge is -2.31. The fraction of sp³-hybridized carbons (Fsp3) is 0.533. The van der Waals surface area contributed by atoms with E-state index in [0.29, 0.717) is 29.3 Å². The third kappa shape index (κ3) is 3.10. The molecule has 21 heavy (non-hydrogen) atoms. The SMILES string of the molecule is CCOC(=O)C(=O)C1CCC2CC(OC)=C(Br)C=C2C1=O. The second kappa shape index (κ2) is 6.56. The van der Waals surface area contributed by atoms with Crippen LogP contribution in [0.15, 0.2) is 21.9 Å². The first kappa shape index (κ1) is 15.9. The molecule has 2 atom stereocenters. The van der Waals surface area contributed by atoms with Gasteiger partial charge in [0.2, 0.25) is 0 Å². The van der Waals surface area contributed by atoms with Gasteiger partial charge in [0.05, 0.1) is 24.1 Å². The van der Waals surface area contributed by atoms with Crippen molar-refractivity contribution < 1.29 is 23.9 Å². The van der Waals surface area contributed by atoms with Crippen LogP contribution in [0.2, 0.25) is 0 Å². The Labute approximate surface area is 131 Å². The van der Waals surface area contributed by atoms with Gasteiger partial charge >= 0.3 is 5.97 Å². The fourth-order valence-corrected chi connectivity index (χ4v) is 3.34. The van der Waals surface area contributed by atoms with Crippen LogP contribution in [0.1, 0.15) is 26.2 Å². The first-order valence-electron chi connectivity index (χ1n) is 6.89. The number of halogens is 1. The average molecular weight is 357 g/mol. The Morgan fingerprint density at radius 3 is 2.71 bits per heavy atom. The van der Waals surface area contributed by atoms with Crippen LogP contribution in [0.4, 0.5) is 0 Å². The molecule has 0 heterocycles. The molecule has 2 aliphatic carbocycles. The predicted molar refractivity (Wildman–Crippen MR) is 78.5 cm³/mol. The van der Waals surface area contributed by atoms with Gasteiger partial charge in [0.15, 0.2) is 5.78 Å². The van der Waals surface area contributed by atoms with Crippen molar-refractivity contribution in [1.82, 2.24) is 0 Å². The molecule has 0 spiro atoms. The third-order valence-corrected chi connectivity index (χ3v) is 4.54. The number of rotatable bonds is 4. The van der Waals surface area contributed by atoms with Gasteiger partial charge < -0.3 is 9.47 Å². The Kier molecular flexibility index (Phi) is 4.98. The molecule has 0 aromatic heterocycles. The number of esters is 1. The second-order valence-corrected chi connectivity index (χ2v) is 5.91. The zero-order valence-electron chi connectivity index (χ0n) is 12.0. The molecule has 2 rings (SSSR count). The van der Waals surface area contributed by atoms with Crippen molar-refractivity contribution in [2.75, 3.05) is 13.7 Å². The van der Waals surface area contributed by atoms with E-state index >= 15 is 0 Å². The summed E-state index contributed by atoms with van der Waals surface area (Å²) < 4.78 is 10.7. The molecule has 0 aliphatic heterocycles. The highest BCUT2D eigenvalue weighted by atomic mass is 79.9. The lowest BCUT2D eigenvalue weighted by Crippen LogP contribution is -2.38. The molecule has 0 radical (unpaired) electrons. The van der Waals surface area contributed by atoms with Gasteiger partial charge in [0.25, 0.3) is 5.78 Å². The topological polar surface area (TPSA) is 69.7 Å². The van der Waals surface area contributed by atoms with Gasteiger partial charge in [-0.2, -0.15) is 0 Å². The molecule has 0 saturated heterocycles. The molecule has 1 fully saturated rings. The van der Waals surface area contributed by atoms with Gasteiger partial charge in [0, 0.05) is 12.0 Å². The van der Waals surface area contributed by atoms with Crippen LogP contribution in [0.5, 0.6) is 0 Å². The van der Waals surface area contributed by atoms with Crippen LogP contribution in [0, 0.1) is 11.8 Å². The van der Waals surface area contributed by atoms with Crippen molar-refractivity contribution in [2.24, 2.45) is 11.8 Å². The van der Waals surface area contributed by atoms with E-state index in [1.807, 2.05) is 0 Å². The van der Waals surface area contributed by atoms with Crippen molar-refractivity contribution in [2.45, 2.75) is 26.2 Å². The van der Waals surface area contributed by atoms with Crippen LogP contribution < -0.4 is 0 Å². The molecule has 0 aromatic rings. The van der Waals surface area contributed by atoms with Crippen molar-refractivity contribution in [3.63, 3.8) is 0 Å². The highest BCUT2D eigenvalue weighted by Crippen LogP contribution is 2.41. The fourth-order valence-electron chi connectivity index (χ4n) is 2.77. The van der Waals surface area contributed by atoms with Crippen molar-refractivity contribution >= 4 is 33.5 Å². The first-order valence-corrected chi connectivity index (χ1v) is 7.68. The molecule has 2 aliphatic rings. The summed E-state index contributed by atoms with van der Waals surface area (Å²) in [4.78, 5) is 36.0. The highest BCUT2D eigenvalue weighted by molar-refractivity contribution is 9.11. The van der Waals surface area contributed by atoms with E-state index in [2.05, 4.69) is 15.9 Å². The number of carbonyl (C=O) groups is 3. The number of allylic oxidation sites excluding steroid dienone is 4. The first-order chi connectivity index (χ1) is 9.99. The monoisotopic (exact) mass is 356 g/mol. The highest BCUT2D eigenvalue weighted by Gasteiger charge is 2.41. The van der Waals surface area contributed by atoms with Crippen LogP contribution in [-0.4, -0.2) is 31.3 Å². The summed E-state index contributed by atoms with van der Waals surface area (Å²) >= 11 is 3.36. The number of hydrogen-bond donors (Lipinski definition) is 0. The Hall–Kier alpha value is -1.43. The van der Waals surface area contributed by atoms with E-state index in [-0.39, 0.29) is 18.3 Å². The molecule has 1 saturated carbocycles. The molecular formula is C15H17BrO5. The summed E-state index contributed by atoms with van der Waals surface area (Å²) in [6.07, 6.45) is 3.41. The van der Waals surface area contributed by atoms with Crippen LogP contribution in [-0.2, 0) is 23.9 Å². The minimum Gasteiger partial charge on any atom is -0.500 e. The van der Waals surface area contributed by atoms with Crippen molar-refractivity contribution in [1.29, 1.82) is 0 Å². The van der Waals surface area contributed by atoms with Gasteiger partial charge in [-0.15, -0.1) is 0 Å². The number of methoxy groups -OCH3 is 1. The summed E-state index contributed by atoms with van der Waals surface area (Å²) in [5, 5.41) is 0. The number of Topliss-reactive ketones (excluding diaryl/α,β-unsaturated/α-hetero) is 2. The van der Waals surface area contributed by atoms with Gasteiger partial charge in [-0.25, -0.2) is 4.79 Å². The largest absolute Gasteiger partial charge is 0.500 e. The molecule has 0 aromatic carbocycles. The Bertz CT molecular complexity index is 546.